The molecule has 26 heavy (non-hydrogen) atoms. The summed E-state index contributed by atoms with van der Waals surface area (Å²) < 4.78 is 44.4. The molecule has 1 aliphatic rings. The van der Waals surface area contributed by atoms with E-state index in [1.54, 1.807) is 0 Å². The van der Waals surface area contributed by atoms with E-state index in [2.05, 4.69) is 6.92 Å². The quantitative estimate of drug-likeness (QED) is 0.213. The predicted molar refractivity (Wildman–Crippen MR) is 95.4 cm³/mol. The molecular weight excluding hydrogens is 341 g/mol. The van der Waals surface area contributed by atoms with Crippen LogP contribution in [0, 0.1) is 29.3 Å². The standard InChI is InChI=1S/C21H29F3O2/c1-2-3-4-5-6-7-8-15-9-11-16(12-10-15)21(25)26-17-13-18(22)20(24)19(23)14-17/h13-16H,2-12H2,1H3. The van der Waals surface area contributed by atoms with Gasteiger partial charge in [-0.2, -0.15) is 0 Å². The maximum atomic E-state index is 13.2. The second-order valence-corrected chi connectivity index (χ2v) is 7.40. The number of rotatable bonds is 9. The Morgan fingerprint density at radius 3 is 2.15 bits per heavy atom. The summed E-state index contributed by atoms with van der Waals surface area (Å²) in [5.74, 6) is -4.60. The van der Waals surface area contributed by atoms with Crippen LogP contribution in [0.1, 0.15) is 77.6 Å². The molecule has 0 amide bonds. The molecule has 0 spiro atoms. The highest BCUT2D eigenvalue weighted by Crippen LogP contribution is 2.33. The molecule has 1 fully saturated rings. The molecular formula is C21H29F3O2. The lowest BCUT2D eigenvalue weighted by molar-refractivity contribution is -0.140. The van der Waals surface area contributed by atoms with Crippen molar-refractivity contribution in [1.29, 1.82) is 0 Å². The van der Waals surface area contributed by atoms with Gasteiger partial charge in [0.1, 0.15) is 5.75 Å². The van der Waals surface area contributed by atoms with Crippen molar-refractivity contribution in [2.75, 3.05) is 0 Å². The zero-order valence-electron chi connectivity index (χ0n) is 15.5. The van der Waals surface area contributed by atoms with Gasteiger partial charge in [-0.25, -0.2) is 13.2 Å². The lowest BCUT2D eigenvalue weighted by Crippen LogP contribution is -2.25. The van der Waals surface area contributed by atoms with Gasteiger partial charge in [0.15, 0.2) is 17.5 Å². The number of hydrogen-bond acceptors (Lipinski definition) is 2. The summed E-state index contributed by atoms with van der Waals surface area (Å²) in [5.41, 5.74) is 0. The number of esters is 1. The van der Waals surface area contributed by atoms with Crippen molar-refractivity contribution >= 4 is 5.97 Å². The van der Waals surface area contributed by atoms with Crippen LogP contribution in [0.25, 0.3) is 0 Å². The SMILES string of the molecule is CCCCCCCCC1CCC(C(=O)Oc2cc(F)c(F)c(F)c2)CC1. The summed E-state index contributed by atoms with van der Waals surface area (Å²) >= 11 is 0. The third kappa shape index (κ3) is 6.33. The highest BCUT2D eigenvalue weighted by molar-refractivity contribution is 5.75. The molecule has 2 rings (SSSR count). The van der Waals surface area contributed by atoms with E-state index in [1.807, 2.05) is 0 Å². The normalized spacial score (nSPS) is 20.2. The fraction of sp³-hybridized carbons (Fsp3) is 0.667. The van der Waals surface area contributed by atoms with E-state index < -0.39 is 23.4 Å². The van der Waals surface area contributed by atoms with Gasteiger partial charge >= 0.3 is 5.97 Å². The van der Waals surface area contributed by atoms with E-state index in [-0.39, 0.29) is 11.7 Å². The molecule has 1 aliphatic carbocycles. The molecule has 0 unspecified atom stereocenters. The average molecular weight is 370 g/mol. The third-order valence-corrected chi connectivity index (χ3v) is 5.32. The van der Waals surface area contributed by atoms with Crippen molar-refractivity contribution in [3.63, 3.8) is 0 Å². The van der Waals surface area contributed by atoms with E-state index in [9.17, 15) is 18.0 Å². The highest BCUT2D eigenvalue weighted by Gasteiger charge is 2.28. The first-order valence-corrected chi connectivity index (χ1v) is 9.87. The first kappa shape index (κ1) is 20.8. The van der Waals surface area contributed by atoms with E-state index in [1.165, 1.54) is 44.9 Å². The van der Waals surface area contributed by atoms with Gasteiger partial charge in [-0.1, -0.05) is 51.9 Å². The summed E-state index contributed by atoms with van der Waals surface area (Å²) in [5, 5.41) is 0. The molecule has 1 saturated carbocycles. The van der Waals surface area contributed by atoms with Crippen LogP contribution in [0.5, 0.6) is 5.75 Å². The molecule has 0 aromatic heterocycles. The van der Waals surface area contributed by atoms with Crippen LogP contribution in [0.15, 0.2) is 12.1 Å². The molecule has 0 N–H and O–H groups in total. The summed E-state index contributed by atoms with van der Waals surface area (Å²) in [6.07, 6.45) is 12.4. The molecule has 0 bridgehead atoms. The number of halogens is 3. The molecule has 1 aromatic carbocycles. The molecule has 0 heterocycles. The smallest absolute Gasteiger partial charge is 0.314 e. The third-order valence-electron chi connectivity index (χ3n) is 5.32. The minimum atomic E-state index is -1.56. The number of carbonyl (C=O) groups excluding carboxylic acids is 1. The Morgan fingerprint density at radius 2 is 1.54 bits per heavy atom. The summed E-state index contributed by atoms with van der Waals surface area (Å²) in [7, 11) is 0. The molecule has 1 aromatic rings. The van der Waals surface area contributed by atoms with Crippen molar-refractivity contribution in [2.24, 2.45) is 11.8 Å². The van der Waals surface area contributed by atoms with E-state index in [0.717, 1.165) is 25.7 Å². The number of ether oxygens (including phenoxy) is 1. The molecule has 2 nitrogen and oxygen atoms in total. The average Bonchev–Trinajstić information content (AvgIpc) is 2.63. The Labute approximate surface area is 154 Å². The fourth-order valence-corrected chi connectivity index (χ4v) is 3.69. The van der Waals surface area contributed by atoms with E-state index in [4.69, 9.17) is 4.74 Å². The second-order valence-electron chi connectivity index (χ2n) is 7.40. The first-order chi connectivity index (χ1) is 12.5. The molecule has 0 atom stereocenters. The van der Waals surface area contributed by atoms with Gasteiger partial charge in [0.25, 0.3) is 0 Å². The summed E-state index contributed by atoms with van der Waals surface area (Å²) in [6.45, 7) is 2.21. The number of carbonyl (C=O) groups is 1. The second kappa shape index (κ2) is 10.6. The predicted octanol–water partition coefficient (Wildman–Crippen LogP) is 6.57. The molecule has 0 saturated heterocycles. The number of hydrogen-bond donors (Lipinski definition) is 0. The topological polar surface area (TPSA) is 26.3 Å². The van der Waals surface area contributed by atoms with Crippen LogP contribution in [-0.2, 0) is 4.79 Å². The summed E-state index contributed by atoms with van der Waals surface area (Å²) in [6, 6.07) is 1.42. The van der Waals surface area contributed by atoms with Crippen LogP contribution in [-0.4, -0.2) is 5.97 Å². The van der Waals surface area contributed by atoms with Crippen LogP contribution in [0.3, 0.4) is 0 Å². The van der Waals surface area contributed by atoms with Gasteiger partial charge < -0.3 is 4.74 Å². The zero-order valence-corrected chi connectivity index (χ0v) is 15.5. The maximum absolute atomic E-state index is 13.2. The van der Waals surface area contributed by atoms with E-state index in [0.29, 0.717) is 18.1 Å². The fourth-order valence-electron chi connectivity index (χ4n) is 3.69. The van der Waals surface area contributed by atoms with Gasteiger partial charge in [-0.15, -0.1) is 0 Å². The highest BCUT2D eigenvalue weighted by atomic mass is 19.2. The van der Waals surface area contributed by atoms with Crippen LogP contribution in [0.2, 0.25) is 0 Å². The van der Waals surface area contributed by atoms with Gasteiger partial charge in [0.2, 0.25) is 0 Å². The van der Waals surface area contributed by atoms with Crippen LogP contribution < -0.4 is 4.74 Å². The van der Waals surface area contributed by atoms with Gasteiger partial charge in [0.05, 0.1) is 5.92 Å². The monoisotopic (exact) mass is 370 g/mol. The van der Waals surface area contributed by atoms with Crippen molar-refractivity contribution in [3.05, 3.63) is 29.6 Å². The van der Waals surface area contributed by atoms with E-state index >= 15 is 0 Å². The van der Waals surface area contributed by atoms with Crippen molar-refractivity contribution < 1.29 is 22.7 Å². The Hall–Kier alpha value is -1.52. The lowest BCUT2D eigenvalue weighted by Gasteiger charge is -2.27. The molecule has 5 heteroatoms. The Kier molecular flexibility index (Phi) is 8.46. The maximum Gasteiger partial charge on any atom is 0.314 e. The lowest BCUT2D eigenvalue weighted by atomic mass is 9.80. The van der Waals surface area contributed by atoms with Gasteiger partial charge in [-0.3, -0.25) is 4.79 Å². The molecule has 146 valence electrons. The van der Waals surface area contributed by atoms with Crippen molar-refractivity contribution in [1.82, 2.24) is 0 Å². The Morgan fingerprint density at radius 1 is 0.962 bits per heavy atom. The van der Waals surface area contributed by atoms with Crippen LogP contribution in [0.4, 0.5) is 13.2 Å². The number of benzene rings is 1. The first-order valence-electron chi connectivity index (χ1n) is 9.87. The minimum Gasteiger partial charge on any atom is -0.426 e. The van der Waals surface area contributed by atoms with Gasteiger partial charge in [0, 0.05) is 12.1 Å². The summed E-state index contributed by atoms with van der Waals surface area (Å²) in [4.78, 5) is 12.2. The Bertz CT molecular complexity index is 558. The van der Waals surface area contributed by atoms with Crippen molar-refractivity contribution in [3.8, 4) is 5.75 Å². The Balaban J connectivity index is 1.70. The molecule has 0 radical (unpaired) electrons. The zero-order chi connectivity index (χ0) is 18.9. The minimum absolute atomic E-state index is 0.244. The molecule has 0 aliphatic heterocycles. The number of unbranched alkanes of at least 4 members (excludes halogenated alkanes) is 5. The van der Waals surface area contributed by atoms with Gasteiger partial charge in [-0.05, 0) is 31.6 Å². The van der Waals surface area contributed by atoms with Crippen molar-refractivity contribution in [2.45, 2.75) is 77.6 Å². The largest absolute Gasteiger partial charge is 0.426 e. The van der Waals surface area contributed by atoms with Crippen LogP contribution >= 0.6 is 0 Å².